The number of fused-ring (bicyclic) bond motifs is 2. The number of hydrogen-bond donors (Lipinski definition) is 1. The van der Waals surface area contributed by atoms with Gasteiger partial charge < -0.3 is 4.74 Å². The van der Waals surface area contributed by atoms with E-state index in [0.29, 0.717) is 18.2 Å². The van der Waals surface area contributed by atoms with Crippen LogP contribution < -0.4 is 10.1 Å². The van der Waals surface area contributed by atoms with Crippen LogP contribution in [-0.4, -0.2) is 27.8 Å². The van der Waals surface area contributed by atoms with Gasteiger partial charge in [-0.2, -0.15) is 4.98 Å². The zero-order chi connectivity index (χ0) is 19.1. The summed E-state index contributed by atoms with van der Waals surface area (Å²) in [6.07, 6.45) is 0.319. The zero-order valence-corrected chi connectivity index (χ0v) is 15.3. The Morgan fingerprint density at radius 1 is 1.04 bits per heavy atom. The van der Waals surface area contributed by atoms with Gasteiger partial charge in [0.1, 0.15) is 5.75 Å². The molecule has 6 nitrogen and oxygen atoms in total. The average Bonchev–Trinajstić information content (AvgIpc) is 3.17. The molecule has 1 unspecified atom stereocenters. The Bertz CT molecular complexity index is 1180. The molecule has 0 bridgehead atoms. The molecule has 1 aliphatic heterocycles. The quantitative estimate of drug-likeness (QED) is 0.591. The summed E-state index contributed by atoms with van der Waals surface area (Å²) in [6, 6.07) is 21.8. The summed E-state index contributed by atoms with van der Waals surface area (Å²) in [6.45, 7) is 0. The molecule has 3 aromatic carbocycles. The van der Waals surface area contributed by atoms with Gasteiger partial charge in [-0.3, -0.25) is 10.1 Å². The van der Waals surface area contributed by atoms with E-state index in [0.717, 1.165) is 22.3 Å². The highest BCUT2D eigenvalue weighted by molar-refractivity contribution is 5.91. The Kier molecular flexibility index (Phi) is 3.83. The number of amides is 1. The number of anilines is 1. The Balaban J connectivity index is 1.57. The van der Waals surface area contributed by atoms with Crippen molar-refractivity contribution in [3.8, 4) is 17.1 Å². The standard InChI is InChI=1S/C22H18N4O2/c1-28-18-10-8-15(9-11-18)19-13-20(27)23-22-24-21(25-26(19)22)17-7-6-14-4-2-3-5-16(14)12-17/h2-12,19H,13H2,1H3,(H,23,24,25,27). The summed E-state index contributed by atoms with van der Waals surface area (Å²) in [7, 11) is 1.63. The average molecular weight is 370 g/mol. The number of carbonyl (C=O) groups is 1. The van der Waals surface area contributed by atoms with E-state index in [9.17, 15) is 4.79 Å². The van der Waals surface area contributed by atoms with E-state index < -0.39 is 0 Å². The number of nitrogens with zero attached hydrogens (tertiary/aromatic N) is 3. The topological polar surface area (TPSA) is 69.0 Å². The Morgan fingerprint density at radius 2 is 1.82 bits per heavy atom. The molecular weight excluding hydrogens is 352 g/mol. The lowest BCUT2D eigenvalue weighted by molar-refractivity contribution is -0.117. The minimum atomic E-state index is -0.198. The van der Waals surface area contributed by atoms with Crippen LogP contribution in [0.2, 0.25) is 0 Å². The van der Waals surface area contributed by atoms with E-state index >= 15 is 0 Å². The van der Waals surface area contributed by atoms with Crippen LogP contribution in [0.1, 0.15) is 18.0 Å². The van der Waals surface area contributed by atoms with Crippen molar-refractivity contribution in [1.82, 2.24) is 14.8 Å². The summed E-state index contributed by atoms with van der Waals surface area (Å²) in [4.78, 5) is 16.8. The number of benzene rings is 3. The Labute approximate surface area is 161 Å². The first kappa shape index (κ1) is 16.5. The molecule has 6 heteroatoms. The third kappa shape index (κ3) is 2.79. The molecule has 0 fully saturated rings. The number of methoxy groups -OCH3 is 1. The van der Waals surface area contributed by atoms with Crippen LogP contribution in [0.4, 0.5) is 5.95 Å². The smallest absolute Gasteiger partial charge is 0.229 e. The molecule has 28 heavy (non-hydrogen) atoms. The molecule has 5 rings (SSSR count). The van der Waals surface area contributed by atoms with E-state index in [1.54, 1.807) is 11.8 Å². The molecule has 2 heterocycles. The summed E-state index contributed by atoms with van der Waals surface area (Å²) >= 11 is 0. The second-order valence-electron chi connectivity index (χ2n) is 6.81. The molecule has 1 aromatic heterocycles. The van der Waals surface area contributed by atoms with Gasteiger partial charge in [0, 0.05) is 5.56 Å². The highest BCUT2D eigenvalue weighted by Crippen LogP contribution is 2.32. The van der Waals surface area contributed by atoms with E-state index in [2.05, 4.69) is 34.6 Å². The van der Waals surface area contributed by atoms with Gasteiger partial charge in [0.2, 0.25) is 11.9 Å². The summed E-state index contributed by atoms with van der Waals surface area (Å²) in [5, 5.41) is 9.85. The number of rotatable bonds is 3. The van der Waals surface area contributed by atoms with Crippen molar-refractivity contribution >= 4 is 22.6 Å². The minimum Gasteiger partial charge on any atom is -0.497 e. The summed E-state index contributed by atoms with van der Waals surface area (Å²) in [5.74, 6) is 1.78. The number of carbonyl (C=O) groups excluding carboxylic acids is 1. The van der Waals surface area contributed by atoms with Gasteiger partial charge in [-0.05, 0) is 34.5 Å². The van der Waals surface area contributed by atoms with Gasteiger partial charge in [0.15, 0.2) is 5.82 Å². The fourth-order valence-electron chi connectivity index (χ4n) is 3.60. The summed E-state index contributed by atoms with van der Waals surface area (Å²) < 4.78 is 7.03. The highest BCUT2D eigenvalue weighted by Gasteiger charge is 2.29. The fourth-order valence-corrected chi connectivity index (χ4v) is 3.60. The molecular formula is C22H18N4O2. The second kappa shape index (κ2) is 6.49. The van der Waals surface area contributed by atoms with E-state index in [4.69, 9.17) is 9.84 Å². The van der Waals surface area contributed by atoms with Crippen LogP contribution in [-0.2, 0) is 4.79 Å². The SMILES string of the molecule is COc1ccc(C2CC(=O)Nc3nc(-c4ccc5ccccc5c4)nn32)cc1. The lowest BCUT2D eigenvalue weighted by Crippen LogP contribution is -2.29. The number of hydrogen-bond acceptors (Lipinski definition) is 4. The van der Waals surface area contributed by atoms with Gasteiger partial charge in [-0.15, -0.1) is 5.10 Å². The number of aromatic nitrogens is 3. The maximum Gasteiger partial charge on any atom is 0.229 e. The second-order valence-corrected chi connectivity index (χ2v) is 6.81. The molecule has 0 aliphatic carbocycles. The predicted octanol–water partition coefficient (Wildman–Crippen LogP) is 4.04. The van der Waals surface area contributed by atoms with Crippen molar-refractivity contribution in [2.75, 3.05) is 12.4 Å². The highest BCUT2D eigenvalue weighted by atomic mass is 16.5. The lowest BCUT2D eigenvalue weighted by Gasteiger charge is -2.23. The molecule has 1 atom stereocenters. The molecule has 0 saturated carbocycles. The molecule has 1 N–H and O–H groups in total. The maximum absolute atomic E-state index is 12.2. The van der Waals surface area contributed by atoms with Crippen LogP contribution in [0.15, 0.2) is 66.7 Å². The van der Waals surface area contributed by atoms with Crippen molar-refractivity contribution in [1.29, 1.82) is 0 Å². The van der Waals surface area contributed by atoms with E-state index in [1.807, 2.05) is 42.5 Å². The Hall–Kier alpha value is -3.67. The maximum atomic E-state index is 12.2. The van der Waals surface area contributed by atoms with Crippen molar-refractivity contribution in [2.45, 2.75) is 12.5 Å². The van der Waals surface area contributed by atoms with E-state index in [-0.39, 0.29) is 11.9 Å². The third-order valence-electron chi connectivity index (χ3n) is 5.06. The molecule has 4 aromatic rings. The minimum absolute atomic E-state index is 0.0641. The molecule has 0 spiro atoms. The predicted molar refractivity (Wildman–Crippen MR) is 107 cm³/mol. The number of ether oxygens (including phenoxy) is 1. The van der Waals surface area contributed by atoms with Crippen molar-refractivity contribution in [3.05, 3.63) is 72.3 Å². The monoisotopic (exact) mass is 370 g/mol. The van der Waals surface area contributed by atoms with Crippen LogP contribution >= 0.6 is 0 Å². The first-order chi connectivity index (χ1) is 13.7. The van der Waals surface area contributed by atoms with Crippen molar-refractivity contribution < 1.29 is 9.53 Å². The zero-order valence-electron chi connectivity index (χ0n) is 15.3. The van der Waals surface area contributed by atoms with Crippen molar-refractivity contribution in [3.63, 3.8) is 0 Å². The van der Waals surface area contributed by atoms with Crippen LogP contribution in [0.25, 0.3) is 22.2 Å². The first-order valence-electron chi connectivity index (χ1n) is 9.11. The van der Waals surface area contributed by atoms with Gasteiger partial charge in [-0.25, -0.2) is 4.68 Å². The van der Waals surface area contributed by atoms with Crippen LogP contribution in [0, 0.1) is 0 Å². The fraction of sp³-hybridized carbons (Fsp3) is 0.136. The molecule has 1 aliphatic rings. The Morgan fingerprint density at radius 3 is 2.61 bits per heavy atom. The van der Waals surface area contributed by atoms with Crippen LogP contribution in [0.3, 0.4) is 0 Å². The van der Waals surface area contributed by atoms with Gasteiger partial charge in [-0.1, -0.05) is 48.5 Å². The van der Waals surface area contributed by atoms with Gasteiger partial charge >= 0.3 is 0 Å². The van der Waals surface area contributed by atoms with Crippen molar-refractivity contribution in [2.24, 2.45) is 0 Å². The van der Waals surface area contributed by atoms with Gasteiger partial charge in [0.05, 0.1) is 19.6 Å². The van der Waals surface area contributed by atoms with Crippen LogP contribution in [0.5, 0.6) is 5.75 Å². The lowest BCUT2D eigenvalue weighted by atomic mass is 10.0. The molecule has 1 amide bonds. The molecule has 0 saturated heterocycles. The molecule has 138 valence electrons. The number of nitrogens with one attached hydrogen (secondary N) is 1. The van der Waals surface area contributed by atoms with E-state index in [1.165, 1.54) is 5.39 Å². The largest absolute Gasteiger partial charge is 0.497 e. The molecule has 0 radical (unpaired) electrons. The normalized spacial score (nSPS) is 15.9. The summed E-state index contributed by atoms with van der Waals surface area (Å²) in [5.41, 5.74) is 1.91. The first-order valence-corrected chi connectivity index (χ1v) is 9.11. The third-order valence-corrected chi connectivity index (χ3v) is 5.06. The van der Waals surface area contributed by atoms with Gasteiger partial charge in [0.25, 0.3) is 0 Å².